The van der Waals surface area contributed by atoms with Crippen molar-refractivity contribution in [1.82, 2.24) is 19.5 Å². The fourth-order valence-electron chi connectivity index (χ4n) is 2.48. The standard InChI is InChI=1S/C11H15N5O10P2S/c1-29-11-14-8(12)5-9(15-11)16(3-13-5)10-7(18)6(17)4(25-10)2-24-28(22,23)26-27(19,20)21/h3,6-7,10,17-18H,2H2,1H3,(H4-,12,14,15,19,20,21,22,23)/p+1/t6-,7?,10+/m0/s1. The predicted octanol–water partition coefficient (Wildman–Crippen LogP) is -0.861. The molecule has 0 saturated carbocycles. The molecule has 2 unspecified atom stereocenters. The van der Waals surface area contributed by atoms with E-state index in [1.54, 1.807) is 6.26 Å². The van der Waals surface area contributed by atoms with Gasteiger partial charge < -0.3 is 30.6 Å². The van der Waals surface area contributed by atoms with E-state index in [0.29, 0.717) is 5.16 Å². The van der Waals surface area contributed by atoms with Gasteiger partial charge >= 0.3 is 21.7 Å². The van der Waals surface area contributed by atoms with Crippen LogP contribution < -0.4 is 5.73 Å². The topological polar surface area (TPSA) is 233 Å². The largest absolute Gasteiger partial charge is 0.484 e. The summed E-state index contributed by atoms with van der Waals surface area (Å²) in [5.74, 6) is 0.0921. The van der Waals surface area contributed by atoms with Crippen LogP contribution in [-0.4, -0.2) is 69.5 Å². The minimum Gasteiger partial charge on any atom is -0.382 e. The summed E-state index contributed by atoms with van der Waals surface area (Å²) in [6.45, 7) is -0.900. The van der Waals surface area contributed by atoms with Crippen molar-refractivity contribution in [2.45, 2.75) is 23.6 Å². The predicted molar refractivity (Wildman–Crippen MR) is 95.8 cm³/mol. The van der Waals surface area contributed by atoms with Crippen molar-refractivity contribution in [2.75, 3.05) is 18.6 Å². The highest BCUT2D eigenvalue weighted by Gasteiger charge is 2.56. The molecule has 29 heavy (non-hydrogen) atoms. The van der Waals surface area contributed by atoms with Crippen LogP contribution in [0.1, 0.15) is 6.23 Å². The van der Waals surface area contributed by atoms with Gasteiger partial charge in [0.15, 0.2) is 22.7 Å². The Hall–Kier alpha value is -1.29. The summed E-state index contributed by atoms with van der Waals surface area (Å²) in [6.07, 6.45) is -1.88. The van der Waals surface area contributed by atoms with Crippen LogP contribution in [0.4, 0.5) is 5.82 Å². The summed E-state index contributed by atoms with van der Waals surface area (Å²) in [4.78, 5) is 38.8. The number of hydrogen-bond acceptors (Lipinski definition) is 12. The lowest BCUT2D eigenvalue weighted by atomic mass is 10.1. The number of aromatic nitrogens is 4. The van der Waals surface area contributed by atoms with E-state index >= 15 is 0 Å². The number of rotatable bonds is 7. The molecule has 160 valence electrons. The first-order valence-corrected chi connectivity index (χ1v) is 11.8. The van der Waals surface area contributed by atoms with Crippen molar-refractivity contribution >= 4 is 44.4 Å². The zero-order valence-electron chi connectivity index (χ0n) is 14.5. The van der Waals surface area contributed by atoms with Gasteiger partial charge in [0.1, 0.15) is 5.52 Å². The summed E-state index contributed by atoms with van der Waals surface area (Å²) in [7, 11) is -10.5. The van der Waals surface area contributed by atoms with Crippen molar-refractivity contribution < 1.29 is 47.6 Å². The first kappa shape index (κ1) is 22.4. The first-order chi connectivity index (χ1) is 13.4. The monoisotopic (exact) mass is 472 g/mol. The average Bonchev–Trinajstić information content (AvgIpc) is 3.13. The summed E-state index contributed by atoms with van der Waals surface area (Å²) in [5.41, 5.74) is 6.26. The van der Waals surface area contributed by atoms with E-state index in [9.17, 15) is 24.2 Å². The van der Waals surface area contributed by atoms with Crippen LogP contribution in [0.25, 0.3) is 11.2 Å². The Morgan fingerprint density at radius 3 is 2.66 bits per heavy atom. The molecule has 2 aromatic heterocycles. The molecule has 3 heterocycles. The van der Waals surface area contributed by atoms with Gasteiger partial charge in [-0.15, -0.1) is 0 Å². The number of nitrogens with zero attached hydrogens (tertiary/aromatic N) is 4. The minimum absolute atomic E-state index is 0.0921. The van der Waals surface area contributed by atoms with Gasteiger partial charge in [0.05, 0.1) is 6.33 Å². The number of aliphatic hydroxyl groups is 2. The van der Waals surface area contributed by atoms with Crippen LogP contribution in [0.3, 0.4) is 0 Å². The second-order valence-corrected chi connectivity index (χ2v) is 9.25. The Labute approximate surface area is 166 Å². The van der Waals surface area contributed by atoms with Crippen molar-refractivity contribution in [3.63, 3.8) is 0 Å². The first-order valence-electron chi connectivity index (χ1n) is 7.58. The van der Waals surface area contributed by atoms with Gasteiger partial charge in [0.2, 0.25) is 12.8 Å². The van der Waals surface area contributed by atoms with Gasteiger partial charge in [-0.25, -0.2) is 28.6 Å². The Morgan fingerprint density at radius 1 is 1.34 bits per heavy atom. The number of ether oxygens (including phenoxy) is 1. The normalized spacial score (nSPS) is 24.9. The van der Waals surface area contributed by atoms with E-state index in [-0.39, 0.29) is 23.1 Å². The molecular weight excluding hydrogens is 456 g/mol. The molecule has 1 saturated heterocycles. The smallest absolute Gasteiger partial charge is 0.382 e. The maximum absolute atomic E-state index is 11.5. The third kappa shape index (κ3) is 4.90. The number of aliphatic hydroxyl groups excluding tert-OH is 2. The van der Waals surface area contributed by atoms with Gasteiger partial charge in [-0.05, 0) is 6.26 Å². The lowest BCUT2D eigenvalue weighted by Gasteiger charge is -2.12. The fraction of sp³-hybridized carbons (Fsp3) is 0.455. The highest BCUT2D eigenvalue weighted by Crippen LogP contribution is 2.58. The van der Waals surface area contributed by atoms with Gasteiger partial charge in [0, 0.05) is 0 Å². The molecule has 1 aliphatic rings. The van der Waals surface area contributed by atoms with Crippen LogP contribution in [0.5, 0.6) is 0 Å². The number of hydrogen-bond donors (Lipinski definition) is 6. The number of fused-ring (bicyclic) bond motifs is 1. The van der Waals surface area contributed by atoms with Crippen LogP contribution >= 0.6 is 27.4 Å². The highest BCUT2D eigenvalue weighted by atomic mass is 32.2. The van der Waals surface area contributed by atoms with Crippen molar-refractivity contribution in [1.29, 1.82) is 0 Å². The molecule has 18 heteroatoms. The van der Waals surface area contributed by atoms with E-state index in [2.05, 4.69) is 23.8 Å². The molecule has 3 rings (SSSR count). The van der Waals surface area contributed by atoms with E-state index in [1.165, 1.54) is 22.7 Å². The van der Waals surface area contributed by atoms with Gasteiger partial charge in [-0.2, -0.15) is 9.05 Å². The molecule has 7 N–H and O–H groups in total. The van der Waals surface area contributed by atoms with E-state index in [4.69, 9.17) is 20.3 Å². The minimum atomic E-state index is -5.31. The van der Waals surface area contributed by atoms with Crippen molar-refractivity contribution in [2.24, 2.45) is 0 Å². The second-order valence-electron chi connectivity index (χ2n) is 5.64. The van der Waals surface area contributed by atoms with Crippen LogP contribution in [0, 0.1) is 6.10 Å². The lowest BCUT2D eigenvalue weighted by Crippen LogP contribution is -2.30. The number of phosphoric ester groups is 1. The van der Waals surface area contributed by atoms with Crippen LogP contribution in [0.2, 0.25) is 0 Å². The third-order valence-electron chi connectivity index (χ3n) is 3.68. The van der Waals surface area contributed by atoms with E-state index in [0.717, 1.165) is 0 Å². The number of anilines is 1. The number of imidazole rings is 1. The van der Waals surface area contributed by atoms with Crippen LogP contribution in [0.15, 0.2) is 11.5 Å². The van der Waals surface area contributed by atoms with E-state index in [1.807, 2.05) is 0 Å². The second kappa shape index (κ2) is 8.09. The molecule has 1 fully saturated rings. The molecule has 0 radical (unpaired) electrons. The van der Waals surface area contributed by atoms with E-state index < -0.39 is 40.7 Å². The molecular formula is C11H16N5O10P2S+. The zero-order chi connectivity index (χ0) is 21.6. The molecule has 0 aromatic carbocycles. The average molecular weight is 472 g/mol. The van der Waals surface area contributed by atoms with Gasteiger partial charge in [-0.3, -0.25) is 4.57 Å². The van der Waals surface area contributed by atoms with Crippen molar-refractivity contribution in [3.8, 4) is 0 Å². The Morgan fingerprint density at radius 2 is 2.03 bits per heavy atom. The third-order valence-corrected chi connectivity index (χ3v) is 6.36. The summed E-state index contributed by atoms with van der Waals surface area (Å²) < 4.78 is 36.9. The fourth-order valence-corrected chi connectivity index (χ4v) is 4.40. The van der Waals surface area contributed by atoms with Gasteiger partial charge in [0.25, 0.3) is 6.10 Å². The van der Waals surface area contributed by atoms with Crippen molar-refractivity contribution in [3.05, 3.63) is 12.4 Å². The lowest BCUT2D eigenvalue weighted by molar-refractivity contribution is -0.0188. The van der Waals surface area contributed by atoms with Crippen LogP contribution in [-0.2, 0) is 22.7 Å². The maximum atomic E-state index is 11.5. The number of thioether (sulfide) groups is 1. The Kier molecular flexibility index (Phi) is 6.25. The SMILES string of the molecule is CSc1nc(N)c2ncn([C@@H]3O[C+](COP(=O)(O)OP(=O)(O)O)[C@H](O)C3O)c2n1. The highest BCUT2D eigenvalue weighted by molar-refractivity contribution is 7.98. The molecule has 0 spiro atoms. The molecule has 0 aliphatic carbocycles. The number of nitrogens with two attached hydrogens (primary N) is 1. The summed E-state index contributed by atoms with van der Waals surface area (Å²) >= 11 is 1.21. The molecule has 2 aromatic rings. The molecule has 15 nitrogen and oxygen atoms in total. The zero-order valence-corrected chi connectivity index (χ0v) is 17.1. The summed E-state index contributed by atoms with van der Waals surface area (Å²) in [5, 5.41) is 20.8. The maximum Gasteiger partial charge on any atom is 0.484 e. The molecule has 1 aliphatic heterocycles. The molecule has 4 atom stereocenters. The molecule has 0 bridgehead atoms. The summed E-state index contributed by atoms with van der Waals surface area (Å²) in [6, 6.07) is 0. The Balaban J connectivity index is 1.80. The van der Waals surface area contributed by atoms with Gasteiger partial charge in [-0.1, -0.05) is 11.8 Å². The Bertz CT molecular complexity index is 1000. The number of phosphoric acid groups is 2. The number of nitrogen functional groups attached to an aromatic ring is 1. The molecule has 0 amide bonds. The quantitative estimate of drug-likeness (QED) is 0.124.